The van der Waals surface area contributed by atoms with Gasteiger partial charge in [-0.1, -0.05) is 13.8 Å². The Morgan fingerprint density at radius 2 is 1.07 bits per heavy atom. The molecule has 2 rings (SSSR count). The highest BCUT2D eigenvalue weighted by Gasteiger charge is 2.06. The predicted octanol–water partition coefficient (Wildman–Crippen LogP) is -1.10. The third-order valence-electron chi connectivity index (χ3n) is 3.87. The summed E-state index contributed by atoms with van der Waals surface area (Å²) in [5.74, 6) is 0.405. The molecule has 2 aromatic heterocycles. The summed E-state index contributed by atoms with van der Waals surface area (Å²) in [6, 6.07) is 0. The Labute approximate surface area is 167 Å². The molecule has 2 aromatic rings. The minimum absolute atomic E-state index is 1.10. The lowest BCUT2D eigenvalue weighted by Crippen LogP contribution is -2.31. The van der Waals surface area contributed by atoms with Gasteiger partial charge in [-0.05, 0) is 0 Å². The molecule has 0 unspecified atom stereocenters. The summed E-state index contributed by atoms with van der Waals surface area (Å²) in [6.45, 7) is 4.32. The maximum Gasteiger partial charge on any atom is 0.255 e. The van der Waals surface area contributed by atoms with Gasteiger partial charge in [0.1, 0.15) is 24.8 Å². The molecule has 0 saturated carbocycles. The highest BCUT2D eigenvalue weighted by molar-refractivity contribution is 7.89. The molecule has 0 aliphatic carbocycles. The van der Waals surface area contributed by atoms with E-state index in [4.69, 9.17) is 0 Å². The first-order valence-corrected chi connectivity index (χ1v) is 11.7. The second kappa shape index (κ2) is 11.3. The highest BCUT2D eigenvalue weighted by atomic mass is 32.2. The lowest BCUT2D eigenvalue weighted by Gasteiger charge is -2.08. The van der Waals surface area contributed by atoms with Gasteiger partial charge in [0.15, 0.2) is 0 Å². The van der Waals surface area contributed by atoms with Crippen molar-refractivity contribution in [2.24, 2.45) is 28.2 Å². The molecule has 0 aliphatic heterocycles. The van der Waals surface area contributed by atoms with Crippen LogP contribution < -0.4 is 9.13 Å². The number of imidazole rings is 2. The van der Waals surface area contributed by atoms with E-state index >= 15 is 0 Å². The van der Waals surface area contributed by atoms with Crippen LogP contribution in [0.25, 0.3) is 0 Å². The van der Waals surface area contributed by atoms with E-state index in [1.165, 1.54) is 11.6 Å². The Hall–Kier alpha value is -1.76. The lowest BCUT2D eigenvalue weighted by molar-refractivity contribution is -0.678. The van der Waals surface area contributed by atoms with Crippen LogP contribution in [0.1, 0.15) is 25.5 Å². The summed E-state index contributed by atoms with van der Waals surface area (Å²) in [5, 5.41) is 0. The Morgan fingerprint density at radius 1 is 0.786 bits per heavy atom. The normalized spacial score (nSPS) is 11.3. The molecule has 28 heavy (non-hydrogen) atoms. The summed E-state index contributed by atoms with van der Waals surface area (Å²) in [7, 11) is -0.900. The van der Waals surface area contributed by atoms with E-state index in [0.717, 1.165) is 12.8 Å². The zero-order valence-corrected chi connectivity index (χ0v) is 18.8. The van der Waals surface area contributed by atoms with Crippen LogP contribution in [0.5, 0.6) is 0 Å². The van der Waals surface area contributed by atoms with Crippen LogP contribution in [0.3, 0.4) is 0 Å². The molecular weight excluding hydrogens is 408 g/mol. The van der Waals surface area contributed by atoms with Crippen molar-refractivity contribution in [2.45, 2.75) is 26.7 Å². The van der Waals surface area contributed by atoms with Crippen molar-refractivity contribution in [3.63, 3.8) is 0 Å². The minimum atomic E-state index is -4.59. The summed E-state index contributed by atoms with van der Waals surface area (Å²) in [4.78, 5) is 0. The first-order chi connectivity index (χ1) is 12.7. The van der Waals surface area contributed by atoms with Crippen LogP contribution in [0.4, 0.5) is 0 Å². The predicted molar refractivity (Wildman–Crippen MR) is 101 cm³/mol. The quantitative estimate of drug-likeness (QED) is 0.430. The largest absolute Gasteiger partial charge is 0.748 e. The zero-order chi connectivity index (χ0) is 22.1. The summed E-state index contributed by atoms with van der Waals surface area (Å²) >= 11 is 0. The van der Waals surface area contributed by atoms with Gasteiger partial charge in [-0.2, -0.15) is 0 Å². The number of aromatic nitrogens is 4. The molecule has 0 aliphatic rings. The van der Waals surface area contributed by atoms with E-state index in [-0.39, 0.29) is 0 Å². The first kappa shape index (κ1) is 26.2. The average molecular weight is 439 g/mol. The maximum atomic E-state index is 9.72. The molecule has 0 aromatic carbocycles. The molecule has 0 atom stereocenters. The molecule has 0 amide bonds. The van der Waals surface area contributed by atoms with Crippen molar-refractivity contribution < 1.29 is 35.1 Å². The molecule has 0 spiro atoms. The smallest absolute Gasteiger partial charge is 0.255 e. The van der Waals surface area contributed by atoms with Gasteiger partial charge in [-0.25, -0.2) is 35.1 Å². The molecule has 2 heterocycles. The van der Waals surface area contributed by atoms with Crippen molar-refractivity contribution in [1.29, 1.82) is 0 Å². The van der Waals surface area contributed by atoms with Crippen LogP contribution >= 0.6 is 0 Å². The fourth-order valence-corrected chi connectivity index (χ4v) is 4.08. The maximum absolute atomic E-state index is 9.72. The molecule has 0 bridgehead atoms. The van der Waals surface area contributed by atoms with Gasteiger partial charge in [0, 0.05) is 12.8 Å². The molecule has 0 radical (unpaired) electrons. The van der Waals surface area contributed by atoms with Gasteiger partial charge in [-0.3, -0.25) is 0 Å². The van der Waals surface area contributed by atoms with Crippen LogP contribution in [0, 0.1) is 0 Å². The van der Waals surface area contributed by atoms with Crippen LogP contribution in [0.15, 0.2) is 24.8 Å². The third kappa shape index (κ3) is 10.5. The first-order valence-electron chi connectivity index (χ1n) is 8.58. The van der Waals surface area contributed by atoms with Crippen molar-refractivity contribution in [3.05, 3.63) is 36.4 Å². The number of aryl methyl sites for hydroxylation is 4. The Kier molecular flexibility index (Phi) is 10.6. The van der Waals surface area contributed by atoms with E-state index < -0.39 is 31.7 Å². The van der Waals surface area contributed by atoms with Gasteiger partial charge in [0.05, 0.1) is 59.9 Å². The Bertz CT molecular complexity index is 829. The highest BCUT2D eigenvalue weighted by Crippen LogP contribution is 1.90. The molecule has 0 N–H and O–H groups in total. The minimum Gasteiger partial charge on any atom is -0.748 e. The second-order valence-corrected chi connectivity index (χ2v) is 9.15. The van der Waals surface area contributed by atoms with Gasteiger partial charge in [0.25, 0.3) is 11.6 Å². The molecule has 0 saturated heterocycles. The van der Waals surface area contributed by atoms with Gasteiger partial charge >= 0.3 is 0 Å². The average Bonchev–Trinajstić information content (AvgIpc) is 3.06. The number of rotatable bonds is 5. The summed E-state index contributed by atoms with van der Waals surface area (Å²) < 4.78 is 66.9. The number of nitrogens with zero attached hydrogens (tertiary/aromatic N) is 4. The topological polar surface area (TPSA) is 132 Å². The van der Waals surface area contributed by atoms with Crippen LogP contribution in [-0.2, 0) is 61.3 Å². The number of hydrogen-bond donors (Lipinski definition) is 0. The van der Waals surface area contributed by atoms with Crippen molar-refractivity contribution >= 4 is 20.2 Å². The van der Waals surface area contributed by atoms with Crippen molar-refractivity contribution in [1.82, 2.24) is 9.13 Å². The molecular formula is C16H30N4O6S2. The molecule has 10 nitrogen and oxygen atoms in total. The van der Waals surface area contributed by atoms with Gasteiger partial charge in [-0.15, -0.1) is 0 Å². The van der Waals surface area contributed by atoms with E-state index in [2.05, 4.69) is 85.1 Å². The van der Waals surface area contributed by atoms with Crippen LogP contribution in [0.2, 0.25) is 0 Å². The third-order valence-corrected chi connectivity index (χ3v) is 5.54. The molecule has 162 valence electrons. The fourth-order valence-electron chi connectivity index (χ4n) is 2.44. The second-order valence-electron chi connectivity index (χ2n) is 6.10. The van der Waals surface area contributed by atoms with Gasteiger partial charge in [0.2, 0.25) is 0 Å². The van der Waals surface area contributed by atoms with E-state index in [1.54, 1.807) is 0 Å². The van der Waals surface area contributed by atoms with E-state index in [1.807, 2.05) is 0 Å². The standard InChI is InChI=1S/2C7H13N2.C2H6O6S2/c2*1-4-7-8(2)5-6-9(7)3;3-9(4,5)1-2-10(6,7)8/h2*5-6H,4H2,1-3H3;1-2H2,(H,3,4,5)(H,6,7,8)/q2*+1;/p-2. The zero-order valence-electron chi connectivity index (χ0n) is 17.2. The summed E-state index contributed by atoms with van der Waals surface area (Å²) in [6.07, 6.45) is 10.5. The Balaban J connectivity index is 0.000000391. The van der Waals surface area contributed by atoms with Crippen molar-refractivity contribution in [2.75, 3.05) is 11.5 Å². The number of hydrogen-bond acceptors (Lipinski definition) is 6. The summed E-state index contributed by atoms with van der Waals surface area (Å²) in [5.41, 5.74) is 0. The van der Waals surface area contributed by atoms with E-state index in [0.29, 0.717) is 0 Å². The van der Waals surface area contributed by atoms with Crippen LogP contribution in [-0.4, -0.2) is 46.6 Å². The fraction of sp³-hybridized carbons (Fsp3) is 0.625. The van der Waals surface area contributed by atoms with Crippen molar-refractivity contribution in [3.8, 4) is 0 Å². The monoisotopic (exact) mass is 438 g/mol. The van der Waals surface area contributed by atoms with E-state index in [9.17, 15) is 25.9 Å². The van der Waals surface area contributed by atoms with Gasteiger partial charge < -0.3 is 9.11 Å². The SMILES string of the molecule is CCc1n(C)cc[n+]1C.CCc1n(C)cc[n+]1C.O=S(=O)([O-])CCS(=O)(=O)[O-]. The molecule has 12 heteroatoms. The Morgan fingerprint density at radius 3 is 1.18 bits per heavy atom. The lowest BCUT2D eigenvalue weighted by atomic mass is 10.4. The molecule has 0 fully saturated rings.